The molecule has 34 heavy (non-hydrogen) atoms. The normalized spacial score (nSPS) is 23.4. The minimum absolute atomic E-state index is 0.0707. The molecule has 0 saturated carbocycles. The average Bonchev–Trinajstić information content (AvgIpc) is 3.50. The van der Waals surface area contributed by atoms with Crippen LogP contribution in [0.4, 0.5) is 5.69 Å². The molecule has 8 heteroatoms. The van der Waals surface area contributed by atoms with E-state index in [9.17, 15) is 14.4 Å². The van der Waals surface area contributed by atoms with Gasteiger partial charge in [-0.05, 0) is 43.5 Å². The zero-order chi connectivity index (χ0) is 23.6. The fourth-order valence-electron chi connectivity index (χ4n) is 5.65. The monoisotopic (exact) mass is 478 g/mol. The first-order valence-electron chi connectivity index (χ1n) is 11.6. The number of nitrogens with zero attached hydrogens (tertiary/aromatic N) is 2. The molecule has 2 aromatic carbocycles. The van der Waals surface area contributed by atoms with Crippen molar-refractivity contribution in [2.24, 2.45) is 0 Å². The van der Waals surface area contributed by atoms with Gasteiger partial charge in [-0.15, -0.1) is 0 Å². The van der Waals surface area contributed by atoms with Crippen molar-refractivity contribution < 1.29 is 18.7 Å². The summed E-state index contributed by atoms with van der Waals surface area (Å²) >= 11 is 6.19. The van der Waals surface area contributed by atoms with Crippen LogP contribution >= 0.6 is 11.6 Å². The summed E-state index contributed by atoms with van der Waals surface area (Å²) in [6.45, 7) is 3.26. The van der Waals surface area contributed by atoms with Crippen molar-refractivity contribution in [1.82, 2.24) is 4.90 Å². The van der Waals surface area contributed by atoms with Gasteiger partial charge in [0.05, 0.1) is 22.7 Å². The maximum Gasteiger partial charge on any atom is 0.291 e. The number of hydrogen-bond acceptors (Lipinski definition) is 5. The van der Waals surface area contributed by atoms with Crippen molar-refractivity contribution >= 4 is 40.1 Å². The maximum absolute atomic E-state index is 14.3. The molecule has 0 bridgehead atoms. The summed E-state index contributed by atoms with van der Waals surface area (Å²) in [7, 11) is 0. The Labute approximate surface area is 200 Å². The van der Waals surface area contributed by atoms with E-state index < -0.39 is 16.9 Å². The minimum Gasteiger partial charge on any atom is -0.450 e. The lowest BCUT2D eigenvalue weighted by Crippen LogP contribution is -2.55. The van der Waals surface area contributed by atoms with Crippen LogP contribution in [0.1, 0.15) is 47.9 Å². The summed E-state index contributed by atoms with van der Waals surface area (Å²) in [4.78, 5) is 45.4. The van der Waals surface area contributed by atoms with Gasteiger partial charge < -0.3 is 19.0 Å². The predicted molar refractivity (Wildman–Crippen MR) is 127 cm³/mol. The van der Waals surface area contributed by atoms with Gasteiger partial charge in [0.15, 0.2) is 11.0 Å². The van der Waals surface area contributed by atoms with E-state index in [-0.39, 0.29) is 40.8 Å². The molecule has 2 unspecified atom stereocenters. The highest BCUT2D eigenvalue weighted by Gasteiger charge is 2.65. The van der Waals surface area contributed by atoms with Crippen LogP contribution in [0.3, 0.4) is 0 Å². The fourth-order valence-corrected chi connectivity index (χ4v) is 5.82. The molecule has 4 heterocycles. The van der Waals surface area contributed by atoms with Gasteiger partial charge >= 0.3 is 0 Å². The lowest BCUT2D eigenvalue weighted by Gasteiger charge is -2.35. The molecule has 174 valence electrons. The third-order valence-electron chi connectivity index (χ3n) is 7.06. The van der Waals surface area contributed by atoms with Gasteiger partial charge in [0, 0.05) is 30.3 Å². The topological polar surface area (TPSA) is 80.1 Å². The number of amides is 2. The van der Waals surface area contributed by atoms with E-state index in [0.29, 0.717) is 29.4 Å². The van der Waals surface area contributed by atoms with Gasteiger partial charge in [-0.1, -0.05) is 36.7 Å². The Morgan fingerprint density at radius 3 is 2.74 bits per heavy atom. The number of carbonyl (C=O) groups is 2. The molecule has 7 nitrogen and oxygen atoms in total. The largest absolute Gasteiger partial charge is 0.450 e. The number of rotatable bonds is 4. The third kappa shape index (κ3) is 2.71. The summed E-state index contributed by atoms with van der Waals surface area (Å²) in [6, 6.07) is 12.1. The molecule has 1 fully saturated rings. The Morgan fingerprint density at radius 1 is 1.15 bits per heavy atom. The summed E-state index contributed by atoms with van der Waals surface area (Å²) < 4.78 is 11.9. The Kier molecular flexibility index (Phi) is 4.83. The van der Waals surface area contributed by atoms with Gasteiger partial charge in [-0.2, -0.15) is 0 Å². The van der Waals surface area contributed by atoms with E-state index >= 15 is 0 Å². The molecular weight excluding hydrogens is 456 g/mol. The second-order valence-electron chi connectivity index (χ2n) is 9.01. The molecule has 3 aromatic rings. The summed E-state index contributed by atoms with van der Waals surface area (Å²) in [5, 5.41) is 0.622. The van der Waals surface area contributed by atoms with Crippen LogP contribution in [0.5, 0.6) is 0 Å². The first kappa shape index (κ1) is 21.4. The molecule has 6 rings (SSSR count). The zero-order valence-corrected chi connectivity index (χ0v) is 19.4. The Morgan fingerprint density at radius 2 is 1.97 bits per heavy atom. The molecule has 2 atom stereocenters. The second kappa shape index (κ2) is 7.68. The van der Waals surface area contributed by atoms with Gasteiger partial charge in [-0.25, -0.2) is 0 Å². The molecule has 1 spiro atoms. The summed E-state index contributed by atoms with van der Waals surface area (Å²) in [5.74, 6) is -0.866. The summed E-state index contributed by atoms with van der Waals surface area (Å²) in [5.41, 5.74) is -0.351. The van der Waals surface area contributed by atoms with E-state index in [0.717, 1.165) is 19.3 Å². The molecule has 0 aliphatic carbocycles. The number of carbonyl (C=O) groups excluding carboxylic acids is 2. The number of fused-ring (bicyclic) bond motifs is 5. The second-order valence-corrected chi connectivity index (χ2v) is 9.45. The number of halogens is 1. The SMILES string of the molecule is CCCN1C(=O)C2(c3ccccc31)c1c(oc3ccc(Cl)cc3c1=O)C(=O)N2CC1CCCO1. The van der Waals surface area contributed by atoms with Crippen molar-refractivity contribution in [3.05, 3.63) is 74.6 Å². The quantitative estimate of drug-likeness (QED) is 0.564. The van der Waals surface area contributed by atoms with E-state index in [4.69, 9.17) is 20.8 Å². The van der Waals surface area contributed by atoms with E-state index in [1.54, 1.807) is 17.0 Å². The number of benzene rings is 2. The molecule has 0 radical (unpaired) electrons. The van der Waals surface area contributed by atoms with Crippen LogP contribution in [-0.2, 0) is 15.1 Å². The lowest BCUT2D eigenvalue weighted by atomic mass is 9.83. The minimum atomic E-state index is -1.60. The van der Waals surface area contributed by atoms with Crippen molar-refractivity contribution in [2.45, 2.75) is 37.8 Å². The number of ether oxygens (including phenoxy) is 1. The van der Waals surface area contributed by atoms with Crippen LogP contribution in [0, 0.1) is 0 Å². The van der Waals surface area contributed by atoms with Crippen LogP contribution in [0.2, 0.25) is 5.02 Å². The van der Waals surface area contributed by atoms with Crippen LogP contribution < -0.4 is 10.3 Å². The first-order valence-corrected chi connectivity index (χ1v) is 12.0. The average molecular weight is 479 g/mol. The smallest absolute Gasteiger partial charge is 0.291 e. The lowest BCUT2D eigenvalue weighted by molar-refractivity contribution is -0.126. The van der Waals surface area contributed by atoms with Crippen molar-refractivity contribution in [1.29, 1.82) is 0 Å². The van der Waals surface area contributed by atoms with Crippen LogP contribution in [0.15, 0.2) is 51.7 Å². The Hall–Kier alpha value is -3.16. The molecule has 1 aromatic heterocycles. The molecule has 0 N–H and O–H groups in total. The van der Waals surface area contributed by atoms with E-state index in [1.807, 2.05) is 31.2 Å². The molecular formula is C26H23ClN2O5. The van der Waals surface area contributed by atoms with Crippen LogP contribution in [0.25, 0.3) is 11.0 Å². The van der Waals surface area contributed by atoms with Gasteiger partial charge in [-0.3, -0.25) is 14.4 Å². The van der Waals surface area contributed by atoms with Crippen molar-refractivity contribution in [3.63, 3.8) is 0 Å². The van der Waals surface area contributed by atoms with Crippen molar-refractivity contribution in [3.8, 4) is 0 Å². The Bertz CT molecular complexity index is 1410. The maximum atomic E-state index is 14.3. The standard InChI is InChI=1S/C26H23ClN2O5/c1-2-11-28-19-8-4-3-7-18(19)26(25(28)32)21-22(30)17-13-15(27)9-10-20(17)34-23(21)24(31)29(26)14-16-6-5-12-33-16/h3-4,7-10,13,16H,2,5-6,11-12,14H2,1H3. The van der Waals surface area contributed by atoms with Gasteiger partial charge in [0.2, 0.25) is 5.76 Å². The highest BCUT2D eigenvalue weighted by atomic mass is 35.5. The fraction of sp³-hybridized carbons (Fsp3) is 0.346. The van der Waals surface area contributed by atoms with E-state index in [1.165, 1.54) is 11.0 Å². The van der Waals surface area contributed by atoms with Gasteiger partial charge in [0.25, 0.3) is 11.8 Å². The summed E-state index contributed by atoms with van der Waals surface area (Å²) in [6.07, 6.45) is 2.18. The molecule has 2 amide bonds. The highest BCUT2D eigenvalue weighted by Crippen LogP contribution is 2.52. The van der Waals surface area contributed by atoms with E-state index in [2.05, 4.69) is 0 Å². The highest BCUT2D eigenvalue weighted by molar-refractivity contribution is 6.31. The molecule has 3 aliphatic rings. The number of hydrogen-bond donors (Lipinski definition) is 0. The first-order chi connectivity index (χ1) is 16.5. The molecule has 1 saturated heterocycles. The number of para-hydroxylation sites is 1. The van der Waals surface area contributed by atoms with Crippen molar-refractivity contribution in [2.75, 3.05) is 24.6 Å². The predicted octanol–water partition coefficient (Wildman–Crippen LogP) is 4.08. The van der Waals surface area contributed by atoms with Crippen LogP contribution in [-0.4, -0.2) is 42.5 Å². The third-order valence-corrected chi connectivity index (χ3v) is 7.29. The Balaban J connectivity index is 1.69. The zero-order valence-electron chi connectivity index (χ0n) is 18.7. The van der Waals surface area contributed by atoms with Gasteiger partial charge in [0.1, 0.15) is 5.58 Å². The molecule has 3 aliphatic heterocycles. The number of anilines is 1.